The molecule has 2 aliphatic heterocycles. The Morgan fingerprint density at radius 1 is 1.15 bits per heavy atom. The third-order valence-corrected chi connectivity index (χ3v) is 4.09. The topological polar surface area (TPSA) is 61.9 Å². The molecule has 1 atom stereocenters. The van der Waals surface area contributed by atoms with Crippen molar-refractivity contribution in [1.82, 2.24) is 15.1 Å². The smallest absolute Gasteiger partial charge is 0.328 e. The summed E-state index contributed by atoms with van der Waals surface area (Å²) >= 11 is 0. The number of ether oxygens (including phenoxy) is 1. The highest BCUT2D eigenvalue weighted by Crippen LogP contribution is 2.18. The average molecular weight is 283 g/mol. The number of carbonyl (C=O) groups is 2. The SMILES string of the molecule is COC(=O)C1CCCCN1C(=O)CN1CCCNCC1. The molecule has 0 aliphatic carbocycles. The van der Waals surface area contributed by atoms with Gasteiger partial charge in [0.05, 0.1) is 13.7 Å². The normalized spacial score (nSPS) is 25.1. The number of hydrogen-bond donors (Lipinski definition) is 1. The summed E-state index contributed by atoms with van der Waals surface area (Å²) in [7, 11) is 1.39. The lowest BCUT2D eigenvalue weighted by Crippen LogP contribution is -2.51. The lowest BCUT2D eigenvalue weighted by atomic mass is 10.0. The molecule has 1 unspecified atom stereocenters. The predicted molar refractivity (Wildman–Crippen MR) is 75.3 cm³/mol. The van der Waals surface area contributed by atoms with Crippen molar-refractivity contribution < 1.29 is 14.3 Å². The van der Waals surface area contributed by atoms with E-state index in [4.69, 9.17) is 4.74 Å². The van der Waals surface area contributed by atoms with Gasteiger partial charge in [0.25, 0.3) is 0 Å². The van der Waals surface area contributed by atoms with Crippen LogP contribution in [0.15, 0.2) is 0 Å². The van der Waals surface area contributed by atoms with Crippen molar-refractivity contribution >= 4 is 11.9 Å². The number of piperidine rings is 1. The van der Waals surface area contributed by atoms with Gasteiger partial charge in [0.1, 0.15) is 6.04 Å². The van der Waals surface area contributed by atoms with Crippen LogP contribution in [0.2, 0.25) is 0 Å². The Morgan fingerprint density at radius 2 is 2.00 bits per heavy atom. The minimum Gasteiger partial charge on any atom is -0.467 e. The number of carbonyl (C=O) groups excluding carboxylic acids is 2. The average Bonchev–Trinajstić information content (AvgIpc) is 2.75. The number of likely N-dealkylation sites (tertiary alicyclic amines) is 1. The molecule has 0 saturated carbocycles. The maximum absolute atomic E-state index is 12.5. The van der Waals surface area contributed by atoms with E-state index < -0.39 is 0 Å². The summed E-state index contributed by atoms with van der Waals surface area (Å²) in [4.78, 5) is 28.1. The van der Waals surface area contributed by atoms with E-state index in [1.807, 2.05) is 0 Å². The van der Waals surface area contributed by atoms with Gasteiger partial charge >= 0.3 is 5.97 Å². The molecule has 1 N–H and O–H groups in total. The van der Waals surface area contributed by atoms with Gasteiger partial charge in [-0.15, -0.1) is 0 Å². The van der Waals surface area contributed by atoms with E-state index in [1.54, 1.807) is 4.90 Å². The molecular formula is C14H25N3O3. The fourth-order valence-corrected chi connectivity index (χ4v) is 2.95. The van der Waals surface area contributed by atoms with Crippen LogP contribution in [0.4, 0.5) is 0 Å². The molecule has 1 amide bonds. The molecule has 0 spiro atoms. The van der Waals surface area contributed by atoms with E-state index >= 15 is 0 Å². The molecule has 114 valence electrons. The van der Waals surface area contributed by atoms with Gasteiger partial charge in [0.2, 0.25) is 5.91 Å². The van der Waals surface area contributed by atoms with Crippen LogP contribution in [-0.4, -0.2) is 74.1 Å². The van der Waals surface area contributed by atoms with E-state index in [0.29, 0.717) is 13.1 Å². The summed E-state index contributed by atoms with van der Waals surface area (Å²) in [6.07, 6.45) is 3.74. The second-order valence-corrected chi connectivity index (χ2v) is 5.50. The zero-order valence-electron chi connectivity index (χ0n) is 12.3. The first-order chi connectivity index (χ1) is 9.72. The Balaban J connectivity index is 1.92. The van der Waals surface area contributed by atoms with Crippen molar-refractivity contribution in [3.8, 4) is 0 Å². The summed E-state index contributed by atoms with van der Waals surface area (Å²) in [6.45, 7) is 4.85. The molecule has 20 heavy (non-hydrogen) atoms. The monoisotopic (exact) mass is 283 g/mol. The summed E-state index contributed by atoms with van der Waals surface area (Å²) in [5.74, 6) is -0.224. The summed E-state index contributed by atoms with van der Waals surface area (Å²) in [6, 6.07) is -0.383. The van der Waals surface area contributed by atoms with E-state index in [1.165, 1.54) is 7.11 Å². The summed E-state index contributed by atoms with van der Waals surface area (Å²) in [5, 5.41) is 3.33. The van der Waals surface area contributed by atoms with Gasteiger partial charge in [-0.25, -0.2) is 4.79 Å². The first kappa shape index (κ1) is 15.3. The van der Waals surface area contributed by atoms with Crippen molar-refractivity contribution in [1.29, 1.82) is 0 Å². The van der Waals surface area contributed by atoms with Crippen LogP contribution in [0.1, 0.15) is 25.7 Å². The number of nitrogens with one attached hydrogen (secondary N) is 1. The lowest BCUT2D eigenvalue weighted by molar-refractivity contribution is -0.155. The first-order valence-corrected chi connectivity index (χ1v) is 7.52. The summed E-state index contributed by atoms with van der Waals surface area (Å²) < 4.78 is 4.82. The number of hydrogen-bond acceptors (Lipinski definition) is 5. The van der Waals surface area contributed by atoms with Crippen molar-refractivity contribution in [3.63, 3.8) is 0 Å². The maximum atomic E-state index is 12.5. The van der Waals surface area contributed by atoms with Crippen LogP contribution in [0, 0.1) is 0 Å². The van der Waals surface area contributed by atoms with Crippen LogP contribution in [0.3, 0.4) is 0 Å². The Hall–Kier alpha value is -1.14. The zero-order chi connectivity index (χ0) is 14.4. The lowest BCUT2D eigenvalue weighted by Gasteiger charge is -2.35. The molecular weight excluding hydrogens is 258 g/mol. The van der Waals surface area contributed by atoms with Crippen LogP contribution in [-0.2, 0) is 14.3 Å². The van der Waals surface area contributed by atoms with Crippen molar-refractivity contribution in [2.45, 2.75) is 31.7 Å². The highest BCUT2D eigenvalue weighted by Gasteiger charge is 2.33. The van der Waals surface area contributed by atoms with Gasteiger partial charge in [0.15, 0.2) is 0 Å². The standard InChI is InChI=1S/C14H25N3O3/c1-20-14(19)12-5-2-3-9-17(12)13(18)11-16-8-4-6-15-7-10-16/h12,15H,2-11H2,1H3. The molecule has 2 saturated heterocycles. The second kappa shape index (κ2) is 7.59. The highest BCUT2D eigenvalue weighted by molar-refractivity contribution is 5.85. The van der Waals surface area contributed by atoms with Crippen molar-refractivity contribution in [3.05, 3.63) is 0 Å². The predicted octanol–water partition coefficient (Wildman–Crippen LogP) is -0.164. The molecule has 2 heterocycles. The molecule has 2 aliphatic rings. The molecule has 6 heteroatoms. The Morgan fingerprint density at radius 3 is 2.80 bits per heavy atom. The fraction of sp³-hybridized carbons (Fsp3) is 0.857. The Bertz CT molecular complexity index is 341. The minimum atomic E-state index is -0.383. The maximum Gasteiger partial charge on any atom is 0.328 e. The molecule has 0 radical (unpaired) electrons. The van der Waals surface area contributed by atoms with Crippen molar-refractivity contribution in [2.24, 2.45) is 0 Å². The Kier molecular flexibility index (Phi) is 5.79. The van der Waals surface area contributed by atoms with Crippen LogP contribution >= 0.6 is 0 Å². The minimum absolute atomic E-state index is 0.0574. The van der Waals surface area contributed by atoms with Gasteiger partial charge in [-0.3, -0.25) is 9.69 Å². The van der Waals surface area contributed by atoms with Gasteiger partial charge in [-0.05, 0) is 38.8 Å². The second-order valence-electron chi connectivity index (χ2n) is 5.50. The molecule has 0 aromatic rings. The van der Waals surface area contributed by atoms with Crippen LogP contribution in [0.5, 0.6) is 0 Å². The van der Waals surface area contributed by atoms with E-state index in [2.05, 4.69) is 10.2 Å². The molecule has 2 fully saturated rings. The molecule has 0 aromatic heterocycles. The number of methoxy groups -OCH3 is 1. The third kappa shape index (κ3) is 3.93. The van der Waals surface area contributed by atoms with Crippen LogP contribution < -0.4 is 5.32 Å². The van der Waals surface area contributed by atoms with Crippen molar-refractivity contribution in [2.75, 3.05) is 46.4 Å². The van der Waals surface area contributed by atoms with Gasteiger partial charge < -0.3 is 15.0 Å². The highest BCUT2D eigenvalue weighted by atomic mass is 16.5. The van der Waals surface area contributed by atoms with Gasteiger partial charge in [0, 0.05) is 19.6 Å². The number of amides is 1. The largest absolute Gasteiger partial charge is 0.467 e. The third-order valence-electron chi connectivity index (χ3n) is 4.09. The number of esters is 1. The zero-order valence-corrected chi connectivity index (χ0v) is 12.3. The molecule has 6 nitrogen and oxygen atoms in total. The molecule has 0 bridgehead atoms. The quantitative estimate of drug-likeness (QED) is 0.729. The van der Waals surface area contributed by atoms with E-state index in [0.717, 1.165) is 51.9 Å². The van der Waals surface area contributed by atoms with E-state index in [9.17, 15) is 9.59 Å². The number of rotatable bonds is 3. The Labute approximate surface area is 120 Å². The first-order valence-electron chi connectivity index (χ1n) is 7.52. The summed E-state index contributed by atoms with van der Waals surface area (Å²) in [5.41, 5.74) is 0. The molecule has 2 rings (SSSR count). The molecule has 0 aromatic carbocycles. The number of nitrogens with zero attached hydrogens (tertiary/aromatic N) is 2. The van der Waals surface area contributed by atoms with Crippen LogP contribution in [0.25, 0.3) is 0 Å². The van der Waals surface area contributed by atoms with Gasteiger partial charge in [-0.2, -0.15) is 0 Å². The fourth-order valence-electron chi connectivity index (χ4n) is 2.95. The van der Waals surface area contributed by atoms with Gasteiger partial charge in [-0.1, -0.05) is 0 Å². The van der Waals surface area contributed by atoms with E-state index in [-0.39, 0.29) is 17.9 Å².